The van der Waals surface area contributed by atoms with Gasteiger partial charge in [-0.05, 0) is 24.0 Å². The summed E-state index contributed by atoms with van der Waals surface area (Å²) in [6.07, 6.45) is 4.50. The highest BCUT2D eigenvalue weighted by Crippen LogP contribution is 2.36. The zero-order valence-electron chi connectivity index (χ0n) is 17.6. The van der Waals surface area contributed by atoms with Gasteiger partial charge in [0.05, 0.1) is 17.5 Å². The molecule has 0 saturated carbocycles. The van der Waals surface area contributed by atoms with Crippen LogP contribution in [-0.4, -0.2) is 45.0 Å². The van der Waals surface area contributed by atoms with Gasteiger partial charge in [-0.3, -0.25) is 14.8 Å². The number of anilines is 1. The molecule has 3 N–H and O–H groups in total. The lowest BCUT2D eigenvalue weighted by molar-refractivity contribution is -0.131. The molecule has 0 radical (unpaired) electrons. The minimum absolute atomic E-state index is 0.119. The molecule has 1 saturated heterocycles. The van der Waals surface area contributed by atoms with E-state index in [9.17, 15) is 9.59 Å². The van der Waals surface area contributed by atoms with Gasteiger partial charge in [-0.1, -0.05) is 60.7 Å². The fraction of sp³-hybridized carbons (Fsp3) is 0.250. The maximum Gasteiger partial charge on any atom is 0.277 e. The lowest BCUT2D eigenvalue weighted by Gasteiger charge is -2.43. The first kappa shape index (κ1) is 21.5. The average molecular weight is 431 g/mol. The summed E-state index contributed by atoms with van der Waals surface area (Å²) in [5.41, 5.74) is 3.40. The summed E-state index contributed by atoms with van der Waals surface area (Å²) in [6.45, 7) is 1.22. The first-order chi connectivity index (χ1) is 15.6. The summed E-state index contributed by atoms with van der Waals surface area (Å²) in [6, 6.07) is 19.8. The minimum Gasteiger partial charge on any atom is -0.345 e. The molecule has 3 aromatic rings. The highest BCUT2D eigenvalue weighted by molar-refractivity contribution is 5.92. The maximum absolute atomic E-state index is 12.8. The molecule has 1 aliphatic rings. The van der Waals surface area contributed by atoms with Crippen LogP contribution in [0.2, 0.25) is 0 Å². The zero-order chi connectivity index (χ0) is 22.4. The van der Waals surface area contributed by atoms with E-state index in [4.69, 9.17) is 5.21 Å². The number of likely N-dealkylation sites (tertiary alicyclic amines) is 1. The van der Waals surface area contributed by atoms with Crippen LogP contribution in [0.25, 0.3) is 0 Å². The number of piperidine rings is 1. The van der Waals surface area contributed by atoms with Gasteiger partial charge in [0.15, 0.2) is 0 Å². The maximum atomic E-state index is 12.8. The molecule has 4 rings (SSSR count). The number of benzene rings is 2. The second-order valence-corrected chi connectivity index (χ2v) is 7.85. The minimum atomic E-state index is -0.667. The van der Waals surface area contributed by atoms with Gasteiger partial charge >= 0.3 is 0 Å². The molecule has 0 atom stereocenters. The predicted octanol–water partition coefficient (Wildman–Crippen LogP) is 2.77. The Morgan fingerprint density at radius 1 is 0.938 bits per heavy atom. The molecule has 2 heterocycles. The number of hydrogen-bond donors (Lipinski definition) is 3. The lowest BCUT2D eigenvalue weighted by atomic mass is 9.80. The van der Waals surface area contributed by atoms with Crippen LogP contribution in [0.1, 0.15) is 34.3 Å². The Labute approximate surface area is 186 Å². The van der Waals surface area contributed by atoms with Gasteiger partial charge in [-0.15, -0.1) is 0 Å². The number of amides is 2. The second-order valence-electron chi connectivity index (χ2n) is 7.85. The summed E-state index contributed by atoms with van der Waals surface area (Å²) in [7, 11) is 0. The molecule has 8 heteroatoms. The van der Waals surface area contributed by atoms with Crippen molar-refractivity contribution in [2.24, 2.45) is 0 Å². The Morgan fingerprint density at radius 2 is 1.53 bits per heavy atom. The van der Waals surface area contributed by atoms with Crippen molar-refractivity contribution in [1.29, 1.82) is 0 Å². The topological polar surface area (TPSA) is 107 Å². The molecular weight excluding hydrogens is 406 g/mol. The van der Waals surface area contributed by atoms with E-state index in [0.717, 1.165) is 11.1 Å². The van der Waals surface area contributed by atoms with Crippen LogP contribution in [0.4, 0.5) is 5.95 Å². The Balaban J connectivity index is 1.50. The van der Waals surface area contributed by atoms with Crippen LogP contribution >= 0.6 is 0 Å². The average Bonchev–Trinajstić information content (AvgIpc) is 2.85. The normalized spacial score (nSPS) is 15.1. The summed E-state index contributed by atoms with van der Waals surface area (Å²) in [5.74, 6) is -0.166. The monoisotopic (exact) mass is 431 g/mol. The van der Waals surface area contributed by atoms with E-state index in [2.05, 4.69) is 27.4 Å². The van der Waals surface area contributed by atoms with Gasteiger partial charge in [-0.25, -0.2) is 15.4 Å². The molecular formula is C24H25N5O3. The number of aromatic nitrogens is 2. The van der Waals surface area contributed by atoms with Crippen LogP contribution in [0, 0.1) is 0 Å². The van der Waals surface area contributed by atoms with Crippen molar-refractivity contribution in [3.05, 3.63) is 89.7 Å². The molecule has 8 nitrogen and oxygen atoms in total. The largest absolute Gasteiger partial charge is 0.345 e. The van der Waals surface area contributed by atoms with Crippen LogP contribution in [-0.2, 0) is 16.8 Å². The fourth-order valence-electron chi connectivity index (χ4n) is 4.05. The van der Waals surface area contributed by atoms with Crippen molar-refractivity contribution in [2.75, 3.05) is 18.4 Å². The Morgan fingerprint density at radius 3 is 2.12 bits per heavy atom. The van der Waals surface area contributed by atoms with Gasteiger partial charge in [0.25, 0.3) is 5.91 Å². The first-order valence-electron chi connectivity index (χ1n) is 10.5. The Bertz CT molecular complexity index is 1050. The van der Waals surface area contributed by atoms with Crippen molar-refractivity contribution in [3.63, 3.8) is 0 Å². The number of nitrogens with zero attached hydrogens (tertiary/aromatic N) is 3. The number of carbonyl (C=O) groups is 2. The third kappa shape index (κ3) is 4.76. The second kappa shape index (κ2) is 9.57. The van der Waals surface area contributed by atoms with E-state index in [1.165, 1.54) is 12.4 Å². The van der Waals surface area contributed by atoms with Crippen molar-refractivity contribution < 1.29 is 14.8 Å². The standard InChI is InChI=1S/C24H25N5O3/c30-21(15-18-7-3-1-4-8-18)29-13-11-24(12-14-29,20-9-5-2-6-10-20)27-23-25-16-19(17-26-23)22(31)28-32/h1-10,16-17,32H,11-15H2,(H,28,31)(H,25,26,27). The Hall–Kier alpha value is -3.78. The zero-order valence-corrected chi connectivity index (χ0v) is 17.6. The molecule has 1 aromatic heterocycles. The van der Waals surface area contributed by atoms with Gasteiger partial charge in [0, 0.05) is 25.5 Å². The molecule has 164 valence electrons. The third-order valence-electron chi connectivity index (χ3n) is 5.86. The van der Waals surface area contributed by atoms with Crippen molar-refractivity contribution in [2.45, 2.75) is 24.8 Å². The summed E-state index contributed by atoms with van der Waals surface area (Å²) in [5, 5.41) is 12.2. The molecule has 0 unspecified atom stereocenters. The quantitative estimate of drug-likeness (QED) is 0.409. The van der Waals surface area contributed by atoms with Crippen LogP contribution in [0.3, 0.4) is 0 Å². The molecule has 0 bridgehead atoms. The number of rotatable bonds is 6. The molecule has 1 aliphatic heterocycles. The van der Waals surface area contributed by atoms with E-state index in [-0.39, 0.29) is 11.5 Å². The van der Waals surface area contributed by atoms with Crippen LogP contribution < -0.4 is 10.8 Å². The lowest BCUT2D eigenvalue weighted by Crippen LogP contribution is -2.49. The number of carbonyl (C=O) groups excluding carboxylic acids is 2. The van der Waals surface area contributed by atoms with Crippen molar-refractivity contribution in [3.8, 4) is 0 Å². The van der Waals surface area contributed by atoms with E-state index >= 15 is 0 Å². The third-order valence-corrected chi connectivity index (χ3v) is 5.86. The highest BCUT2D eigenvalue weighted by Gasteiger charge is 2.38. The van der Waals surface area contributed by atoms with Crippen LogP contribution in [0.5, 0.6) is 0 Å². The summed E-state index contributed by atoms with van der Waals surface area (Å²) in [4.78, 5) is 34.8. The van der Waals surface area contributed by atoms with E-state index in [1.54, 1.807) is 5.48 Å². The smallest absolute Gasteiger partial charge is 0.277 e. The SMILES string of the molecule is O=C(NO)c1cnc(NC2(c3ccccc3)CCN(C(=O)Cc3ccccc3)CC2)nc1. The summed E-state index contributed by atoms with van der Waals surface area (Å²) < 4.78 is 0. The van der Waals surface area contributed by atoms with Gasteiger partial charge < -0.3 is 10.2 Å². The van der Waals surface area contributed by atoms with E-state index in [0.29, 0.717) is 38.3 Å². The molecule has 0 spiro atoms. The molecule has 2 aromatic carbocycles. The van der Waals surface area contributed by atoms with Crippen LogP contribution in [0.15, 0.2) is 73.1 Å². The predicted molar refractivity (Wildman–Crippen MR) is 119 cm³/mol. The number of hydroxylamine groups is 1. The van der Waals surface area contributed by atoms with E-state index in [1.807, 2.05) is 53.4 Å². The number of hydrogen-bond acceptors (Lipinski definition) is 6. The van der Waals surface area contributed by atoms with Gasteiger partial charge in [0.1, 0.15) is 0 Å². The van der Waals surface area contributed by atoms with Gasteiger partial charge in [-0.2, -0.15) is 0 Å². The van der Waals surface area contributed by atoms with E-state index < -0.39 is 11.4 Å². The van der Waals surface area contributed by atoms with Crippen molar-refractivity contribution in [1.82, 2.24) is 20.3 Å². The highest BCUT2D eigenvalue weighted by atomic mass is 16.5. The molecule has 1 fully saturated rings. The fourth-order valence-corrected chi connectivity index (χ4v) is 4.05. The first-order valence-corrected chi connectivity index (χ1v) is 10.5. The number of nitrogens with one attached hydrogen (secondary N) is 2. The Kier molecular flexibility index (Phi) is 6.42. The van der Waals surface area contributed by atoms with Crippen molar-refractivity contribution >= 4 is 17.8 Å². The molecule has 32 heavy (non-hydrogen) atoms. The molecule has 2 amide bonds. The van der Waals surface area contributed by atoms with Gasteiger partial charge in [0.2, 0.25) is 11.9 Å². The summed E-state index contributed by atoms with van der Waals surface area (Å²) >= 11 is 0. The molecule has 0 aliphatic carbocycles.